The summed E-state index contributed by atoms with van der Waals surface area (Å²) in [6.07, 6.45) is 0. The Hall–Kier alpha value is -1.44. The first kappa shape index (κ1) is 15.9. The molecule has 0 spiro atoms. The Morgan fingerprint density at radius 3 is 2.76 bits per heavy atom. The third-order valence-corrected chi connectivity index (χ3v) is 4.76. The fourth-order valence-electron chi connectivity index (χ4n) is 1.74. The van der Waals surface area contributed by atoms with E-state index in [1.54, 1.807) is 7.05 Å². The summed E-state index contributed by atoms with van der Waals surface area (Å²) in [6, 6.07) is 5.76. The average Bonchev–Trinajstić information content (AvgIpc) is 2.83. The highest BCUT2D eigenvalue weighted by Crippen LogP contribution is 2.25. The van der Waals surface area contributed by atoms with Gasteiger partial charge in [0.15, 0.2) is 0 Å². The molecule has 0 aliphatic carbocycles. The predicted molar refractivity (Wildman–Crippen MR) is 85.9 cm³/mol. The van der Waals surface area contributed by atoms with Gasteiger partial charge in [0.2, 0.25) is 0 Å². The van der Waals surface area contributed by atoms with Gasteiger partial charge in [0.05, 0.1) is 22.1 Å². The molecule has 5 nitrogen and oxygen atoms in total. The molecule has 21 heavy (non-hydrogen) atoms. The Morgan fingerprint density at radius 1 is 1.48 bits per heavy atom. The van der Waals surface area contributed by atoms with Crippen molar-refractivity contribution in [3.05, 3.63) is 59.7 Å². The molecule has 0 unspecified atom stereocenters. The van der Waals surface area contributed by atoms with Gasteiger partial charge in [0.1, 0.15) is 0 Å². The van der Waals surface area contributed by atoms with E-state index >= 15 is 0 Å². The van der Waals surface area contributed by atoms with Crippen LogP contribution in [0.4, 0.5) is 5.69 Å². The van der Waals surface area contributed by atoms with Crippen molar-refractivity contribution in [2.24, 2.45) is 0 Å². The molecule has 0 aliphatic heterocycles. The molecule has 2 aromatic rings. The summed E-state index contributed by atoms with van der Waals surface area (Å²) < 4.78 is 0.955. The van der Waals surface area contributed by atoms with Crippen molar-refractivity contribution >= 4 is 50.5 Å². The molecule has 2 rings (SSSR count). The molecule has 110 valence electrons. The van der Waals surface area contributed by atoms with E-state index in [4.69, 9.17) is 11.6 Å². The first-order valence-corrected chi connectivity index (χ1v) is 7.86. The first-order valence-electron chi connectivity index (χ1n) is 5.81. The van der Waals surface area contributed by atoms with Crippen LogP contribution >= 0.6 is 38.9 Å². The van der Waals surface area contributed by atoms with Gasteiger partial charge >= 0.3 is 0 Å². The number of nitro benzene ring substituents is 1. The van der Waals surface area contributed by atoms with E-state index in [9.17, 15) is 14.9 Å². The van der Waals surface area contributed by atoms with Gasteiger partial charge in [-0.15, -0.1) is 11.3 Å². The van der Waals surface area contributed by atoms with Crippen molar-refractivity contribution in [2.75, 3.05) is 7.05 Å². The van der Waals surface area contributed by atoms with E-state index in [-0.39, 0.29) is 22.2 Å². The van der Waals surface area contributed by atoms with Crippen LogP contribution in [0.25, 0.3) is 0 Å². The van der Waals surface area contributed by atoms with Crippen molar-refractivity contribution < 1.29 is 9.72 Å². The molecule has 1 heterocycles. The number of halogens is 2. The fourth-order valence-corrected chi connectivity index (χ4v) is 3.44. The maximum absolute atomic E-state index is 12.4. The van der Waals surface area contributed by atoms with Crippen LogP contribution in [0.2, 0.25) is 5.02 Å². The van der Waals surface area contributed by atoms with Gasteiger partial charge in [-0.25, -0.2) is 0 Å². The highest BCUT2D eigenvalue weighted by Gasteiger charge is 2.19. The van der Waals surface area contributed by atoms with Gasteiger partial charge in [-0.3, -0.25) is 14.9 Å². The molecule has 0 atom stereocenters. The molecule has 0 radical (unpaired) electrons. The topological polar surface area (TPSA) is 63.5 Å². The highest BCUT2D eigenvalue weighted by molar-refractivity contribution is 9.10. The second kappa shape index (κ2) is 6.55. The monoisotopic (exact) mass is 388 g/mol. The number of nitro groups is 1. The van der Waals surface area contributed by atoms with Crippen molar-refractivity contribution in [3.8, 4) is 0 Å². The zero-order chi connectivity index (χ0) is 15.6. The number of hydrogen-bond donors (Lipinski definition) is 0. The van der Waals surface area contributed by atoms with E-state index in [0.29, 0.717) is 6.54 Å². The van der Waals surface area contributed by atoms with Gasteiger partial charge in [-0.2, -0.15) is 0 Å². The van der Waals surface area contributed by atoms with Gasteiger partial charge in [0, 0.05) is 33.9 Å². The summed E-state index contributed by atoms with van der Waals surface area (Å²) >= 11 is 10.8. The van der Waals surface area contributed by atoms with E-state index in [0.717, 1.165) is 9.35 Å². The van der Waals surface area contributed by atoms with Gasteiger partial charge in [-0.05, 0) is 28.1 Å². The SMILES string of the molecule is CN(Cc1cc(Br)cs1)C(=O)c1cc([N+](=O)[O-])ccc1Cl. The van der Waals surface area contributed by atoms with E-state index in [1.165, 1.54) is 34.4 Å². The number of nitrogens with zero attached hydrogens (tertiary/aromatic N) is 2. The van der Waals surface area contributed by atoms with E-state index < -0.39 is 4.92 Å². The van der Waals surface area contributed by atoms with Crippen molar-refractivity contribution in [3.63, 3.8) is 0 Å². The molecule has 8 heteroatoms. The Balaban J connectivity index is 2.22. The largest absolute Gasteiger partial charge is 0.337 e. The summed E-state index contributed by atoms with van der Waals surface area (Å²) in [5.74, 6) is -0.353. The first-order chi connectivity index (χ1) is 9.88. The predicted octanol–water partition coefficient (Wildman–Crippen LogP) is 4.34. The van der Waals surface area contributed by atoms with Gasteiger partial charge in [-0.1, -0.05) is 11.6 Å². The molecular formula is C13H10BrClN2O3S. The summed E-state index contributed by atoms with van der Waals surface area (Å²) in [6.45, 7) is 0.411. The normalized spacial score (nSPS) is 10.4. The minimum absolute atomic E-state index is 0.129. The quantitative estimate of drug-likeness (QED) is 0.577. The zero-order valence-corrected chi connectivity index (χ0v) is 14.0. The Labute approximate surface area is 138 Å². The molecule has 1 aromatic heterocycles. The standard InChI is InChI=1S/C13H10BrClN2O3S/c1-16(6-10-4-8(14)7-21-10)13(18)11-5-9(17(19)20)2-3-12(11)15/h2-5,7H,6H2,1H3. The van der Waals surface area contributed by atoms with Gasteiger partial charge < -0.3 is 4.90 Å². The Kier molecular flexibility index (Phi) is 4.97. The fraction of sp³-hybridized carbons (Fsp3) is 0.154. The smallest absolute Gasteiger partial charge is 0.270 e. The summed E-state index contributed by atoms with van der Waals surface area (Å²) in [4.78, 5) is 25.1. The van der Waals surface area contributed by atoms with Crippen LogP contribution in [0.15, 0.2) is 34.1 Å². The number of carbonyl (C=O) groups excluding carboxylic acids is 1. The summed E-state index contributed by atoms with van der Waals surface area (Å²) in [5, 5.41) is 12.9. The van der Waals surface area contributed by atoms with Crippen LogP contribution in [-0.2, 0) is 6.54 Å². The maximum atomic E-state index is 12.4. The number of rotatable bonds is 4. The van der Waals surface area contributed by atoms with E-state index in [1.807, 2.05) is 11.4 Å². The zero-order valence-electron chi connectivity index (χ0n) is 10.9. The number of benzene rings is 1. The van der Waals surface area contributed by atoms with E-state index in [2.05, 4.69) is 15.9 Å². The van der Waals surface area contributed by atoms with Crippen molar-refractivity contribution in [1.82, 2.24) is 4.90 Å². The second-order valence-electron chi connectivity index (χ2n) is 4.31. The van der Waals surface area contributed by atoms with Crippen LogP contribution in [0, 0.1) is 10.1 Å². The second-order valence-corrected chi connectivity index (χ2v) is 6.63. The number of thiophene rings is 1. The summed E-state index contributed by atoms with van der Waals surface area (Å²) in [7, 11) is 1.63. The minimum Gasteiger partial charge on any atom is -0.337 e. The molecule has 0 fully saturated rings. The van der Waals surface area contributed by atoms with Crippen LogP contribution in [0.3, 0.4) is 0 Å². The molecule has 0 saturated carbocycles. The minimum atomic E-state index is -0.552. The van der Waals surface area contributed by atoms with Crippen LogP contribution in [0.5, 0.6) is 0 Å². The van der Waals surface area contributed by atoms with Crippen molar-refractivity contribution in [1.29, 1.82) is 0 Å². The lowest BCUT2D eigenvalue weighted by molar-refractivity contribution is -0.384. The lowest BCUT2D eigenvalue weighted by Crippen LogP contribution is -2.26. The lowest BCUT2D eigenvalue weighted by Gasteiger charge is -2.16. The number of carbonyl (C=O) groups is 1. The number of non-ortho nitro benzene ring substituents is 1. The molecule has 1 amide bonds. The molecule has 1 aromatic carbocycles. The summed E-state index contributed by atoms with van der Waals surface area (Å²) in [5.41, 5.74) is -0.0287. The molecule has 0 bridgehead atoms. The Bertz CT molecular complexity index is 704. The van der Waals surface area contributed by atoms with Crippen molar-refractivity contribution in [2.45, 2.75) is 6.54 Å². The highest BCUT2D eigenvalue weighted by atomic mass is 79.9. The van der Waals surface area contributed by atoms with Gasteiger partial charge in [0.25, 0.3) is 11.6 Å². The number of hydrogen-bond acceptors (Lipinski definition) is 4. The van der Waals surface area contributed by atoms with Crippen LogP contribution in [-0.4, -0.2) is 22.8 Å². The molecular weight excluding hydrogens is 380 g/mol. The maximum Gasteiger partial charge on any atom is 0.270 e. The third-order valence-electron chi connectivity index (χ3n) is 2.75. The average molecular weight is 390 g/mol. The third kappa shape index (κ3) is 3.81. The molecule has 0 saturated heterocycles. The Morgan fingerprint density at radius 2 is 2.19 bits per heavy atom. The number of amides is 1. The lowest BCUT2D eigenvalue weighted by atomic mass is 10.1. The molecule has 0 aliphatic rings. The van der Waals surface area contributed by atoms with Crippen LogP contribution in [0.1, 0.15) is 15.2 Å². The van der Waals surface area contributed by atoms with Crippen LogP contribution < -0.4 is 0 Å². The molecule has 0 N–H and O–H groups in total.